The normalized spacial score (nSPS) is 25.0. The molecule has 16 rings (SSSR count). The second-order valence-electron chi connectivity index (χ2n) is 39.1. The zero-order valence-corrected chi connectivity index (χ0v) is 86.6. The first-order valence-electron chi connectivity index (χ1n) is 46.9. The van der Waals surface area contributed by atoms with E-state index in [-0.39, 0.29) is 53.8 Å². The number of carboxylic acid groups (broad SMARTS) is 2. The van der Waals surface area contributed by atoms with Gasteiger partial charge in [-0.15, -0.1) is 11.3 Å². The van der Waals surface area contributed by atoms with Crippen LogP contribution in [0.15, 0.2) is 142 Å². The van der Waals surface area contributed by atoms with Crippen molar-refractivity contribution >= 4 is 126 Å². The number of halogens is 3. The highest BCUT2D eigenvalue weighted by atomic mass is 79.9. The molecule has 138 heavy (non-hydrogen) atoms. The number of nitrogens with zero attached hydrogens (tertiary/aromatic N) is 7. The lowest BCUT2D eigenvalue weighted by atomic mass is 10.0. The third-order valence-corrected chi connectivity index (χ3v) is 26.8. The van der Waals surface area contributed by atoms with Crippen molar-refractivity contribution in [3.05, 3.63) is 185 Å². The number of carbonyl (C=O) groups excluding carboxylic acids is 8. The number of likely N-dealkylation sites (tertiary alicyclic amines) is 3. The molecule has 0 spiro atoms. The average Bonchev–Trinajstić information content (AvgIpc) is 1.63. The molecular weight excluding hydrogens is 1950 g/mol. The van der Waals surface area contributed by atoms with Crippen LogP contribution < -0.4 is 20.9 Å². The minimum absolute atomic E-state index is 0.0318. The number of ketones is 1. The maximum atomic E-state index is 13.5. The monoisotopic (exact) mass is 2080 g/mol. The lowest BCUT2D eigenvalue weighted by Gasteiger charge is -2.37. The summed E-state index contributed by atoms with van der Waals surface area (Å²) in [6.07, 6.45) is -0.851. The first kappa shape index (κ1) is 109. The van der Waals surface area contributed by atoms with Gasteiger partial charge in [0.15, 0.2) is 77.8 Å². The van der Waals surface area contributed by atoms with Crippen molar-refractivity contribution < 1.29 is 115 Å². The van der Waals surface area contributed by atoms with Gasteiger partial charge in [0, 0.05) is 115 Å². The molecule has 12 atom stereocenters. The van der Waals surface area contributed by atoms with Gasteiger partial charge in [-0.25, -0.2) is 28.8 Å². The maximum Gasteiger partial charge on any atom is 0.410 e. The SMILES string of the molecule is Brc1cccc(C2CCCN2)c1.CC(=O)[C@@H]1OC(C)(C)O[C@H]1C(=O)N1CCCC1c1cccc(N2CCN(C(=O)OC(C)(C)C)CC2)c1.CC(C)(C)OC(=O)N1CCN(c2cccc([C@H]3CCCN3C(=O)[C@@H]3OC(C)(C)O[C@H]3C(=O)O)c2)CC1.COC(=O)[C@@H]1OC(C)(C)O[C@H]1C(=O)N1CCCC1c1cccc(Br)c1.COC(=O)[C@@H]1OC(C)(C)O[C@H]1C(=O)O.NCc1cc(Cc2ccccc2Cl)cs1. The Morgan fingerprint density at radius 3 is 1.20 bits per heavy atom. The summed E-state index contributed by atoms with van der Waals surface area (Å²) >= 11 is 14.8. The Bertz CT molecular complexity index is 5060. The molecule has 10 fully saturated rings. The lowest BCUT2D eigenvalue weighted by Crippen LogP contribution is -2.50. The zero-order valence-electron chi connectivity index (χ0n) is 81.8. The second-order valence-corrected chi connectivity index (χ2v) is 42.3. The quantitative estimate of drug-likeness (QED) is 0.0487. The molecule has 0 radical (unpaired) electrons. The summed E-state index contributed by atoms with van der Waals surface area (Å²) in [5, 5.41) is 24.8. The van der Waals surface area contributed by atoms with E-state index in [1.807, 2.05) is 113 Å². The number of Topliss-reactive ketones (excluding diaryl/α,β-unsaturated/α-hetero) is 1. The van der Waals surface area contributed by atoms with E-state index >= 15 is 0 Å². The molecular formula is C101H134Br2ClN9O24S. The Labute approximate surface area is 834 Å². The summed E-state index contributed by atoms with van der Waals surface area (Å²) in [7, 11) is 2.44. The van der Waals surface area contributed by atoms with E-state index in [4.69, 9.17) is 74.5 Å². The van der Waals surface area contributed by atoms with Crippen molar-refractivity contribution in [3.63, 3.8) is 0 Å². The van der Waals surface area contributed by atoms with Gasteiger partial charge in [0.1, 0.15) is 11.2 Å². The van der Waals surface area contributed by atoms with Crippen molar-refractivity contribution in [2.45, 2.75) is 276 Å². The Balaban J connectivity index is 0.000000166. The molecule has 5 N–H and O–H groups in total. The standard InChI is InChI=1S/C27H39N3O6.C26H37N3O7.C18H22BrNO5.C12H12ClNS.C10H12BrN.C8H12O6/c1-18(31)22-23(35-27(5,6)34-22)24(32)30-12-8-11-21(30)19-9-7-10-20(17-19)28-13-15-29(16-14-28)25(33)36-26(2,3)4;1-25(2,3)36-24(33)28-14-12-27(13-15-28)18-9-6-8-17(16-18)19-10-7-11-29(19)22(30)20-21(23(31)32)35-26(4,5)34-20;1-18(2)24-14(15(25-18)17(22)23-3)16(21)20-9-5-8-13(20)11-6-4-7-12(19)10-11;13-12-4-2-1-3-10(12)5-9-6-11(7-14)15-8-9;11-9-4-1-3-8(7-9)10-5-2-6-12-10;1-8(2)13-4(6(9)10)5(14-8)7(11)12-3/h7,9-10,17,21-23H,8,11-16H2,1-6H3;6,8-9,16,19-21H,7,10-15H2,1-5H3,(H,31,32);4,6-7,10,13-15H,5,8-9H2,1-3H3;1-4,6,8H,5,7,14H2;1,3-4,7,10,12H,2,5-6H2;4-5H,1-3H3,(H,9,10)/t21?,22-,23+;19-,20-,21-;13?,14-,15-;;;4-,5-/m011..1/s1. The fraction of sp³-hybridized carbons (Fsp3) is 0.564. The smallest absolute Gasteiger partial charge is 0.410 e. The van der Waals surface area contributed by atoms with Gasteiger partial charge in [-0.1, -0.05) is 110 Å². The fourth-order valence-corrected chi connectivity index (χ4v) is 19.9. The topological polar surface area (TPSA) is 383 Å². The minimum atomic E-state index is -1.33. The Morgan fingerprint density at radius 2 is 0.819 bits per heavy atom. The molecule has 754 valence electrons. The summed E-state index contributed by atoms with van der Waals surface area (Å²) in [6.45, 7) is 34.4. The van der Waals surface area contributed by atoms with Crippen LogP contribution in [0.5, 0.6) is 0 Å². The summed E-state index contributed by atoms with van der Waals surface area (Å²) in [6, 6.07) is 43.2. The lowest BCUT2D eigenvalue weighted by molar-refractivity contribution is -0.170. The first-order valence-corrected chi connectivity index (χ1v) is 49.7. The van der Waals surface area contributed by atoms with Crippen molar-refractivity contribution in [2.75, 3.05) is 103 Å². The van der Waals surface area contributed by atoms with Crippen LogP contribution in [-0.2, 0) is 108 Å². The number of ether oxygens (including phenoxy) is 12. The van der Waals surface area contributed by atoms with E-state index in [2.05, 4.69) is 118 Å². The highest BCUT2D eigenvalue weighted by Gasteiger charge is 2.56. The van der Waals surface area contributed by atoms with Crippen molar-refractivity contribution in [2.24, 2.45) is 5.73 Å². The Morgan fingerprint density at radius 1 is 0.457 bits per heavy atom. The third kappa shape index (κ3) is 29.7. The number of amides is 5. The van der Waals surface area contributed by atoms with Crippen molar-refractivity contribution in [1.29, 1.82) is 0 Å². The van der Waals surface area contributed by atoms with Crippen LogP contribution in [0.4, 0.5) is 21.0 Å². The predicted octanol–water partition coefficient (Wildman–Crippen LogP) is 15.4. The molecule has 11 heterocycles. The molecule has 0 saturated carbocycles. The number of aliphatic carboxylic acids is 2. The molecule has 10 saturated heterocycles. The van der Waals surface area contributed by atoms with Gasteiger partial charge in [-0.05, 0) is 268 Å². The number of esters is 2. The summed E-state index contributed by atoms with van der Waals surface area (Å²) in [5.74, 6) is -8.99. The number of carbonyl (C=O) groups is 10. The fourth-order valence-electron chi connectivity index (χ4n) is 18.1. The molecule has 6 aromatic rings. The summed E-state index contributed by atoms with van der Waals surface area (Å²) in [5.41, 5.74) is 13.6. The molecule has 1 aromatic heterocycles. The molecule has 10 aliphatic heterocycles. The molecule has 5 amide bonds. The second kappa shape index (κ2) is 47.6. The van der Waals surface area contributed by atoms with Crippen LogP contribution in [0.1, 0.15) is 218 Å². The molecule has 37 heteroatoms. The number of nitrogens with two attached hydrogens (primary N) is 1. The third-order valence-electron chi connectivity index (χ3n) is 24.4. The largest absolute Gasteiger partial charge is 0.479 e. The molecule has 10 aliphatic rings. The molecule has 5 aromatic carbocycles. The van der Waals surface area contributed by atoms with Crippen LogP contribution in [0, 0.1) is 0 Å². The minimum Gasteiger partial charge on any atom is -0.479 e. The number of methoxy groups -OCH3 is 2. The van der Waals surface area contributed by atoms with E-state index in [9.17, 15) is 53.1 Å². The molecule has 33 nitrogen and oxygen atoms in total. The molecule has 0 aliphatic carbocycles. The van der Waals surface area contributed by atoms with Crippen LogP contribution in [-0.4, -0.2) is 270 Å². The summed E-state index contributed by atoms with van der Waals surface area (Å²) < 4.78 is 66.6. The number of benzene rings is 5. The van der Waals surface area contributed by atoms with E-state index in [1.54, 1.807) is 72.5 Å². The Hall–Kier alpha value is -9.25. The van der Waals surface area contributed by atoms with Crippen LogP contribution >= 0.6 is 54.8 Å². The summed E-state index contributed by atoms with van der Waals surface area (Å²) in [4.78, 5) is 137. The average molecular weight is 2090 g/mol. The van der Waals surface area contributed by atoms with Crippen molar-refractivity contribution in [3.8, 4) is 0 Å². The van der Waals surface area contributed by atoms with E-state index < -0.39 is 107 Å². The van der Waals surface area contributed by atoms with Crippen LogP contribution in [0.3, 0.4) is 0 Å². The highest BCUT2D eigenvalue weighted by molar-refractivity contribution is 9.10. The van der Waals surface area contributed by atoms with E-state index in [0.717, 1.165) is 96.2 Å². The number of rotatable bonds is 17. The van der Waals surface area contributed by atoms with Gasteiger partial charge >= 0.3 is 36.1 Å². The van der Waals surface area contributed by atoms with E-state index in [1.165, 1.54) is 66.8 Å². The number of hydrogen-bond acceptors (Lipinski definition) is 27. The zero-order chi connectivity index (χ0) is 101. The highest BCUT2D eigenvalue weighted by Crippen LogP contribution is 2.43. The number of nitrogens with one attached hydrogen (secondary N) is 1. The Kier molecular flexibility index (Phi) is 37.6. The van der Waals surface area contributed by atoms with E-state index in [0.29, 0.717) is 84.6 Å². The number of anilines is 2. The number of hydrogen-bond donors (Lipinski definition) is 4. The predicted molar refractivity (Wildman–Crippen MR) is 524 cm³/mol. The maximum absolute atomic E-state index is 13.5. The van der Waals surface area contributed by atoms with Gasteiger partial charge in [0.2, 0.25) is 0 Å². The van der Waals surface area contributed by atoms with Gasteiger partial charge < -0.3 is 112 Å². The van der Waals surface area contributed by atoms with Crippen LogP contribution in [0.25, 0.3) is 0 Å². The number of thiophene rings is 1. The molecule has 3 unspecified atom stereocenters. The van der Waals surface area contributed by atoms with Gasteiger partial charge in [-0.3, -0.25) is 19.2 Å². The van der Waals surface area contributed by atoms with Gasteiger partial charge in [0.05, 0.1) is 32.3 Å². The van der Waals surface area contributed by atoms with Crippen molar-refractivity contribution in [1.82, 2.24) is 29.8 Å². The van der Waals surface area contributed by atoms with Crippen LogP contribution in [0.2, 0.25) is 5.02 Å². The molecule has 0 bridgehead atoms. The number of piperazine rings is 2. The number of carboxylic acids is 2. The first-order chi connectivity index (χ1) is 65.0. The van der Waals surface area contributed by atoms with Gasteiger partial charge in [-0.2, -0.15) is 0 Å². The van der Waals surface area contributed by atoms with Gasteiger partial charge in [0.25, 0.3) is 17.7 Å².